The van der Waals surface area contributed by atoms with Crippen LogP contribution in [0.1, 0.15) is 46.4 Å². The van der Waals surface area contributed by atoms with Crippen molar-refractivity contribution in [2.75, 3.05) is 38.6 Å². The second-order valence-electron chi connectivity index (χ2n) is 13.3. The minimum Gasteiger partial charge on any atom is -0.481 e. The van der Waals surface area contributed by atoms with E-state index in [2.05, 4.69) is 16.3 Å². The molecule has 0 radical (unpaired) electrons. The Balaban J connectivity index is 1.16. The van der Waals surface area contributed by atoms with Crippen molar-refractivity contribution >= 4 is 29.1 Å². The lowest BCUT2D eigenvalue weighted by atomic mass is 9.72. The molecule has 11 nitrogen and oxygen atoms in total. The fraction of sp³-hybridized carbons (Fsp3) is 0.361. The summed E-state index contributed by atoms with van der Waals surface area (Å²) in [6, 6.07) is 13.7. The zero-order valence-electron chi connectivity index (χ0n) is 27.6. The van der Waals surface area contributed by atoms with Crippen molar-refractivity contribution in [2.24, 2.45) is 19.5 Å². The van der Waals surface area contributed by atoms with Gasteiger partial charge in [-0.2, -0.15) is 0 Å². The lowest BCUT2D eigenvalue weighted by Gasteiger charge is -2.61. The van der Waals surface area contributed by atoms with Crippen LogP contribution in [0, 0.1) is 12.3 Å². The highest BCUT2D eigenvalue weighted by Gasteiger charge is 2.55. The molecular weight excluding hydrogens is 632 g/mol. The maximum absolute atomic E-state index is 13.2. The number of anilines is 1. The summed E-state index contributed by atoms with van der Waals surface area (Å²) >= 11 is 7.14. The average molecular weight is 669 g/mol. The third kappa shape index (κ3) is 5.12. The number of pyridine rings is 1. The third-order valence-electron chi connectivity index (χ3n) is 10.2. The van der Waals surface area contributed by atoms with Crippen LogP contribution in [0.3, 0.4) is 0 Å². The zero-order valence-corrected chi connectivity index (χ0v) is 28.3. The quantitative estimate of drug-likeness (QED) is 0.327. The van der Waals surface area contributed by atoms with Gasteiger partial charge in [-0.05, 0) is 48.6 Å². The molecule has 7 rings (SSSR count). The zero-order chi connectivity index (χ0) is 34.1. The Labute approximate surface area is 282 Å². The Bertz CT molecular complexity index is 2120. The first kappa shape index (κ1) is 31.8. The highest BCUT2D eigenvalue weighted by atomic mass is 35.5. The van der Waals surface area contributed by atoms with Crippen molar-refractivity contribution in [1.82, 2.24) is 23.9 Å². The molecule has 1 N–H and O–H groups in total. The summed E-state index contributed by atoms with van der Waals surface area (Å²) in [7, 11) is 4.49. The van der Waals surface area contributed by atoms with Crippen LogP contribution >= 0.6 is 11.6 Å². The molecule has 2 saturated heterocycles. The second kappa shape index (κ2) is 11.7. The molecule has 2 aromatic heterocycles. The van der Waals surface area contributed by atoms with Gasteiger partial charge in [0, 0.05) is 87.2 Å². The van der Waals surface area contributed by atoms with E-state index in [4.69, 9.17) is 21.3 Å². The van der Waals surface area contributed by atoms with Gasteiger partial charge in [-0.1, -0.05) is 41.9 Å². The molecule has 2 aliphatic heterocycles. The van der Waals surface area contributed by atoms with E-state index < -0.39 is 17.2 Å². The van der Waals surface area contributed by atoms with E-state index in [0.717, 1.165) is 77.1 Å². The Kier molecular flexibility index (Phi) is 7.79. The van der Waals surface area contributed by atoms with E-state index in [1.165, 1.54) is 30.4 Å². The number of carbonyl (C=O) groups is 2. The van der Waals surface area contributed by atoms with Crippen molar-refractivity contribution in [3.05, 3.63) is 96.8 Å². The minimum absolute atomic E-state index is 0.139. The Morgan fingerprint density at radius 2 is 1.71 bits per heavy atom. The molecule has 12 heteroatoms. The van der Waals surface area contributed by atoms with Crippen LogP contribution in [0.4, 0.5) is 5.69 Å². The van der Waals surface area contributed by atoms with Crippen LogP contribution in [-0.2, 0) is 25.3 Å². The third-order valence-corrected chi connectivity index (χ3v) is 10.6. The molecule has 1 atom stereocenters. The van der Waals surface area contributed by atoms with Crippen LogP contribution in [0.25, 0.3) is 22.4 Å². The van der Waals surface area contributed by atoms with E-state index >= 15 is 0 Å². The topological polar surface area (TPSA) is 119 Å². The molecule has 248 valence electrons. The van der Waals surface area contributed by atoms with Crippen LogP contribution in [0.5, 0.6) is 5.88 Å². The normalized spacial score (nSPS) is 17.9. The van der Waals surface area contributed by atoms with Crippen molar-refractivity contribution in [1.29, 1.82) is 0 Å². The number of rotatable bonds is 6. The molecular formula is C36H37ClN6O5. The number of benzene rings is 2. The summed E-state index contributed by atoms with van der Waals surface area (Å²) in [6.07, 6.45) is 3.14. The molecule has 2 aromatic carbocycles. The maximum atomic E-state index is 13.2. The van der Waals surface area contributed by atoms with E-state index in [0.29, 0.717) is 16.6 Å². The number of amides is 2. The van der Waals surface area contributed by atoms with Crippen LogP contribution in [0.15, 0.2) is 58.3 Å². The number of carbonyl (C=O) groups excluding carboxylic acids is 2. The summed E-state index contributed by atoms with van der Waals surface area (Å²) in [5, 5.41) is 3.36. The number of nitrogens with zero attached hydrogens (tertiary/aromatic N) is 5. The monoisotopic (exact) mass is 668 g/mol. The van der Waals surface area contributed by atoms with Crippen LogP contribution in [0.2, 0.25) is 5.02 Å². The average Bonchev–Trinajstić information content (AvgIpc) is 3.45. The first-order valence-electron chi connectivity index (χ1n) is 16.0. The number of nitrogens with one attached hydrogen (secondary N) is 1. The van der Waals surface area contributed by atoms with E-state index in [1.54, 1.807) is 20.1 Å². The lowest BCUT2D eigenvalue weighted by Crippen LogP contribution is -2.72. The fourth-order valence-electron chi connectivity index (χ4n) is 7.62. The van der Waals surface area contributed by atoms with Crippen molar-refractivity contribution in [2.45, 2.75) is 32.7 Å². The molecule has 4 heterocycles. The SMILES string of the molecule is COc1nc(-c2cccc(-c3cccc(NC(=O)c4cn(C)c(=O)n(C)c4=O)c3C)c2Cl)cc2c1[C@H](N1CC3(CN(C(C)=O)C3)C1)CC2. The minimum atomic E-state index is -0.670. The van der Waals surface area contributed by atoms with Gasteiger partial charge in [-0.15, -0.1) is 0 Å². The maximum Gasteiger partial charge on any atom is 0.330 e. The number of fused-ring (bicyclic) bond motifs is 1. The molecule has 48 heavy (non-hydrogen) atoms. The molecule has 2 amide bonds. The van der Waals surface area contributed by atoms with E-state index in [9.17, 15) is 19.2 Å². The highest BCUT2D eigenvalue weighted by molar-refractivity contribution is 6.36. The number of methoxy groups -OCH3 is 1. The number of aryl methyl sites for hydroxylation is 2. The van der Waals surface area contributed by atoms with Crippen molar-refractivity contribution in [3.8, 4) is 28.3 Å². The predicted molar refractivity (Wildman–Crippen MR) is 184 cm³/mol. The fourth-order valence-corrected chi connectivity index (χ4v) is 7.94. The molecule has 1 aliphatic carbocycles. The van der Waals surface area contributed by atoms with Crippen molar-refractivity contribution in [3.63, 3.8) is 0 Å². The van der Waals surface area contributed by atoms with Gasteiger partial charge in [-0.3, -0.25) is 23.9 Å². The molecule has 1 spiro atoms. The summed E-state index contributed by atoms with van der Waals surface area (Å²) < 4.78 is 7.99. The number of halogens is 1. The molecule has 3 aliphatic rings. The summed E-state index contributed by atoms with van der Waals surface area (Å²) in [5.41, 5.74) is 5.59. The van der Waals surface area contributed by atoms with Crippen LogP contribution in [-0.4, -0.2) is 69.0 Å². The lowest BCUT2D eigenvalue weighted by molar-refractivity contribution is -0.161. The van der Waals surface area contributed by atoms with Gasteiger partial charge >= 0.3 is 5.69 Å². The van der Waals surface area contributed by atoms with E-state index in [-0.39, 0.29) is 22.9 Å². The summed E-state index contributed by atoms with van der Waals surface area (Å²) in [4.78, 5) is 59.0. The molecule has 0 bridgehead atoms. The Hall–Kier alpha value is -4.74. The van der Waals surface area contributed by atoms with Gasteiger partial charge < -0.3 is 19.5 Å². The largest absolute Gasteiger partial charge is 0.481 e. The first-order chi connectivity index (χ1) is 22.9. The second-order valence-corrected chi connectivity index (χ2v) is 13.7. The molecule has 2 fully saturated rings. The number of ether oxygens (including phenoxy) is 1. The number of hydrogen-bond donors (Lipinski definition) is 1. The number of hydrogen-bond acceptors (Lipinski definition) is 7. The van der Waals surface area contributed by atoms with Gasteiger partial charge in [0.1, 0.15) is 5.56 Å². The standard InChI is InChI=1S/C36H37ClN6O5/c1-20-23(8-7-11-27(20)38-32(45)26-15-40(3)35(47)41(4)34(26)46)24-9-6-10-25(31(24)37)28-14-22-12-13-29(30(22)33(39-28)48-5)43-18-36(19-43)16-42(17-36)21(2)44/h6-11,14-15,29H,12-13,16-19H2,1-5H3,(H,38,45)/t29-/m1/s1. The van der Waals surface area contributed by atoms with Gasteiger partial charge in [0.2, 0.25) is 11.8 Å². The van der Waals surface area contributed by atoms with Gasteiger partial charge in [0.15, 0.2) is 0 Å². The van der Waals surface area contributed by atoms with E-state index in [1.807, 2.05) is 42.2 Å². The summed E-state index contributed by atoms with van der Waals surface area (Å²) in [5.74, 6) is 0.141. The van der Waals surface area contributed by atoms with Crippen molar-refractivity contribution < 1.29 is 14.3 Å². The highest BCUT2D eigenvalue weighted by Crippen LogP contribution is 2.50. The van der Waals surface area contributed by atoms with Gasteiger partial charge in [0.05, 0.1) is 17.8 Å². The van der Waals surface area contributed by atoms with Gasteiger partial charge in [0.25, 0.3) is 11.5 Å². The molecule has 0 saturated carbocycles. The Morgan fingerprint density at radius 1 is 1.02 bits per heavy atom. The molecule has 4 aromatic rings. The smallest absolute Gasteiger partial charge is 0.330 e. The summed E-state index contributed by atoms with van der Waals surface area (Å²) in [6.45, 7) is 7.14. The Morgan fingerprint density at radius 3 is 2.42 bits per heavy atom. The first-order valence-corrected chi connectivity index (χ1v) is 16.3. The number of aromatic nitrogens is 3. The number of likely N-dealkylation sites (tertiary alicyclic amines) is 2. The molecule has 0 unspecified atom stereocenters. The predicted octanol–water partition coefficient (Wildman–Crippen LogP) is 4.19. The van der Waals surface area contributed by atoms with Crippen LogP contribution < -0.4 is 21.3 Å². The van der Waals surface area contributed by atoms with Gasteiger partial charge in [-0.25, -0.2) is 9.78 Å².